The predicted octanol–water partition coefficient (Wildman–Crippen LogP) is 1.10. The lowest BCUT2D eigenvalue weighted by Crippen LogP contribution is -2.28. The quantitative estimate of drug-likeness (QED) is 0.766. The monoisotopic (exact) mass is 254 g/mol. The summed E-state index contributed by atoms with van der Waals surface area (Å²) in [6.07, 6.45) is 1.06. The van der Waals surface area contributed by atoms with Gasteiger partial charge in [-0.25, -0.2) is 4.39 Å². The third kappa shape index (κ3) is 4.71. The number of nitrogens with one attached hydrogen (secondary N) is 2. The van der Waals surface area contributed by atoms with Crippen LogP contribution in [0.25, 0.3) is 0 Å². The zero-order chi connectivity index (χ0) is 13.4. The summed E-state index contributed by atoms with van der Waals surface area (Å²) >= 11 is 0. The summed E-state index contributed by atoms with van der Waals surface area (Å²) in [5.74, 6) is -0.147. The molecule has 2 N–H and O–H groups in total. The Kier molecular flexibility index (Phi) is 6.14. The Balaban J connectivity index is 2.35. The highest BCUT2D eigenvalue weighted by molar-refractivity contribution is 5.76. The molecule has 0 aliphatic carbocycles. The molecule has 0 spiro atoms. The van der Waals surface area contributed by atoms with E-state index < -0.39 is 0 Å². The van der Waals surface area contributed by atoms with Gasteiger partial charge < -0.3 is 15.4 Å². The maximum absolute atomic E-state index is 13.4. The fourth-order valence-corrected chi connectivity index (χ4v) is 1.54. The highest BCUT2D eigenvalue weighted by Crippen LogP contribution is 2.17. The standard InChI is InChI=1S/C13H19FN2O2/c1-15-7-6-13(17)16-8-5-10-3-4-12(18-2)11(14)9-10/h3-4,9,15H,5-8H2,1-2H3,(H,16,17). The summed E-state index contributed by atoms with van der Waals surface area (Å²) in [6.45, 7) is 1.16. The summed E-state index contributed by atoms with van der Waals surface area (Å²) in [7, 11) is 3.23. The molecule has 0 aliphatic rings. The lowest BCUT2D eigenvalue weighted by atomic mass is 10.1. The lowest BCUT2D eigenvalue weighted by Gasteiger charge is -2.07. The molecule has 0 saturated carbocycles. The summed E-state index contributed by atoms with van der Waals surface area (Å²) in [6, 6.07) is 4.81. The molecule has 0 aliphatic heterocycles. The van der Waals surface area contributed by atoms with Crippen molar-refractivity contribution in [3.63, 3.8) is 0 Å². The van der Waals surface area contributed by atoms with Gasteiger partial charge in [-0.05, 0) is 31.2 Å². The Morgan fingerprint density at radius 2 is 2.17 bits per heavy atom. The number of halogens is 1. The van der Waals surface area contributed by atoms with Crippen LogP contribution in [-0.2, 0) is 11.2 Å². The molecule has 5 heteroatoms. The molecule has 100 valence electrons. The molecule has 0 atom stereocenters. The number of rotatable bonds is 7. The average Bonchev–Trinajstić information content (AvgIpc) is 2.36. The molecule has 18 heavy (non-hydrogen) atoms. The second kappa shape index (κ2) is 7.66. The highest BCUT2D eigenvalue weighted by atomic mass is 19.1. The van der Waals surface area contributed by atoms with Crippen LogP contribution in [0.4, 0.5) is 4.39 Å². The van der Waals surface area contributed by atoms with Gasteiger partial charge in [-0.1, -0.05) is 6.07 Å². The van der Waals surface area contributed by atoms with Gasteiger partial charge in [-0.2, -0.15) is 0 Å². The van der Waals surface area contributed by atoms with E-state index in [0.29, 0.717) is 25.9 Å². The summed E-state index contributed by atoms with van der Waals surface area (Å²) in [4.78, 5) is 11.3. The molecular weight excluding hydrogens is 235 g/mol. The maximum Gasteiger partial charge on any atom is 0.221 e. The number of benzene rings is 1. The van der Waals surface area contributed by atoms with Crippen LogP contribution in [0.1, 0.15) is 12.0 Å². The van der Waals surface area contributed by atoms with Crippen LogP contribution in [0.5, 0.6) is 5.75 Å². The van der Waals surface area contributed by atoms with Crippen LogP contribution in [0, 0.1) is 5.82 Å². The van der Waals surface area contributed by atoms with E-state index in [1.165, 1.54) is 13.2 Å². The molecule has 0 bridgehead atoms. The molecule has 0 saturated heterocycles. The van der Waals surface area contributed by atoms with E-state index in [1.54, 1.807) is 19.2 Å². The Hall–Kier alpha value is -1.62. The van der Waals surface area contributed by atoms with Crippen LogP contribution in [0.15, 0.2) is 18.2 Å². The molecule has 1 aromatic carbocycles. The van der Waals surface area contributed by atoms with Crippen molar-refractivity contribution in [2.24, 2.45) is 0 Å². The van der Waals surface area contributed by atoms with Crippen LogP contribution in [0.3, 0.4) is 0 Å². The molecule has 0 unspecified atom stereocenters. The van der Waals surface area contributed by atoms with Crippen LogP contribution >= 0.6 is 0 Å². The van der Waals surface area contributed by atoms with Gasteiger partial charge >= 0.3 is 0 Å². The van der Waals surface area contributed by atoms with Crippen LogP contribution in [-0.4, -0.2) is 33.2 Å². The van der Waals surface area contributed by atoms with Crippen molar-refractivity contribution < 1.29 is 13.9 Å². The maximum atomic E-state index is 13.4. The molecule has 1 amide bonds. The van der Waals surface area contributed by atoms with Crippen molar-refractivity contribution in [1.82, 2.24) is 10.6 Å². The minimum absolute atomic E-state index is 0.00154. The van der Waals surface area contributed by atoms with Crippen molar-refractivity contribution in [3.8, 4) is 5.75 Å². The van der Waals surface area contributed by atoms with Gasteiger partial charge in [0.15, 0.2) is 11.6 Å². The number of carbonyl (C=O) groups is 1. The highest BCUT2D eigenvalue weighted by Gasteiger charge is 2.04. The van der Waals surface area contributed by atoms with Crippen molar-refractivity contribution >= 4 is 5.91 Å². The molecule has 0 fully saturated rings. The number of ether oxygens (including phenoxy) is 1. The van der Waals surface area contributed by atoms with Gasteiger partial charge in [-0.3, -0.25) is 4.79 Å². The lowest BCUT2D eigenvalue weighted by molar-refractivity contribution is -0.120. The van der Waals surface area contributed by atoms with Crippen LogP contribution < -0.4 is 15.4 Å². The first-order valence-corrected chi connectivity index (χ1v) is 5.91. The number of hydrogen-bond donors (Lipinski definition) is 2. The smallest absolute Gasteiger partial charge is 0.221 e. The molecule has 0 radical (unpaired) electrons. The molecule has 4 nitrogen and oxygen atoms in total. The minimum Gasteiger partial charge on any atom is -0.494 e. The summed E-state index contributed by atoms with van der Waals surface area (Å²) < 4.78 is 18.2. The second-order valence-corrected chi connectivity index (χ2v) is 3.92. The van der Waals surface area contributed by atoms with E-state index in [2.05, 4.69) is 10.6 Å². The Labute approximate surface area is 107 Å². The van der Waals surface area contributed by atoms with Crippen molar-refractivity contribution in [2.75, 3.05) is 27.2 Å². The first-order valence-electron chi connectivity index (χ1n) is 5.91. The molecular formula is C13H19FN2O2. The normalized spacial score (nSPS) is 10.2. The van der Waals surface area contributed by atoms with Crippen LogP contribution in [0.2, 0.25) is 0 Å². The first-order chi connectivity index (χ1) is 8.67. The molecule has 1 rings (SSSR count). The third-order valence-electron chi connectivity index (χ3n) is 2.55. The zero-order valence-corrected chi connectivity index (χ0v) is 10.8. The SMILES string of the molecule is CNCCC(=O)NCCc1ccc(OC)c(F)c1. The van der Waals surface area contributed by atoms with Crippen molar-refractivity contribution in [1.29, 1.82) is 0 Å². The third-order valence-corrected chi connectivity index (χ3v) is 2.55. The fourth-order valence-electron chi connectivity index (χ4n) is 1.54. The molecule has 0 heterocycles. The Bertz CT molecular complexity index is 397. The topological polar surface area (TPSA) is 50.4 Å². The molecule has 1 aromatic rings. The first kappa shape index (κ1) is 14.4. The Morgan fingerprint density at radius 3 is 2.78 bits per heavy atom. The van der Waals surface area contributed by atoms with Crippen molar-refractivity contribution in [3.05, 3.63) is 29.6 Å². The Morgan fingerprint density at radius 1 is 1.39 bits per heavy atom. The number of methoxy groups -OCH3 is 1. The zero-order valence-electron chi connectivity index (χ0n) is 10.8. The number of hydrogen-bond acceptors (Lipinski definition) is 3. The molecule has 0 aromatic heterocycles. The van der Waals surface area contributed by atoms with Gasteiger partial charge in [0.1, 0.15) is 0 Å². The largest absolute Gasteiger partial charge is 0.494 e. The predicted molar refractivity (Wildman–Crippen MR) is 68.2 cm³/mol. The second-order valence-electron chi connectivity index (χ2n) is 3.92. The van der Waals surface area contributed by atoms with Gasteiger partial charge in [-0.15, -0.1) is 0 Å². The summed E-state index contributed by atoms with van der Waals surface area (Å²) in [5.41, 5.74) is 0.835. The van der Waals surface area contributed by atoms with Crippen molar-refractivity contribution in [2.45, 2.75) is 12.8 Å². The minimum atomic E-state index is -0.378. The van der Waals surface area contributed by atoms with E-state index in [1.807, 2.05) is 0 Å². The van der Waals surface area contributed by atoms with Gasteiger partial charge in [0, 0.05) is 19.5 Å². The van der Waals surface area contributed by atoms with Gasteiger partial charge in [0.25, 0.3) is 0 Å². The van der Waals surface area contributed by atoms with E-state index in [-0.39, 0.29) is 17.5 Å². The number of amides is 1. The van der Waals surface area contributed by atoms with Gasteiger partial charge in [0.2, 0.25) is 5.91 Å². The van der Waals surface area contributed by atoms with E-state index in [0.717, 1.165) is 5.56 Å². The van der Waals surface area contributed by atoms with E-state index >= 15 is 0 Å². The van der Waals surface area contributed by atoms with Gasteiger partial charge in [0.05, 0.1) is 7.11 Å². The summed E-state index contributed by atoms with van der Waals surface area (Å²) in [5, 5.41) is 5.68. The average molecular weight is 254 g/mol. The van der Waals surface area contributed by atoms with E-state index in [4.69, 9.17) is 4.74 Å². The van der Waals surface area contributed by atoms with E-state index in [9.17, 15) is 9.18 Å². The fraction of sp³-hybridized carbons (Fsp3) is 0.462. The number of carbonyl (C=O) groups excluding carboxylic acids is 1.